The average Bonchev–Trinajstić information content (AvgIpc) is 2.95. The number of rotatable bonds is 9. The van der Waals surface area contributed by atoms with Crippen LogP contribution >= 0.6 is 0 Å². The number of aromatic nitrogens is 1. The van der Waals surface area contributed by atoms with Crippen molar-refractivity contribution in [2.75, 3.05) is 18.5 Å². The normalized spacial score (nSPS) is 10.6. The lowest BCUT2D eigenvalue weighted by molar-refractivity contribution is -0.137. The van der Waals surface area contributed by atoms with E-state index in [0.717, 1.165) is 0 Å². The molecule has 3 aromatic carbocycles. The first-order valence-corrected chi connectivity index (χ1v) is 12.0. The number of carboxylic acids is 1. The maximum atomic E-state index is 13.8. The number of aliphatic carboxylic acids is 1. The minimum Gasteiger partial charge on any atom is -0.481 e. The smallest absolute Gasteiger partial charge is 0.305 e. The van der Waals surface area contributed by atoms with Crippen LogP contribution in [0.1, 0.15) is 32.7 Å². The first-order valence-electron chi connectivity index (χ1n) is 12.0. The number of carboxylic acid groups (broad SMARTS) is 1. The van der Waals surface area contributed by atoms with Crippen LogP contribution in [0.3, 0.4) is 0 Å². The Morgan fingerprint density at radius 3 is 1.95 bits per heavy atom. The second-order valence-corrected chi connectivity index (χ2v) is 8.64. The molecular formula is C30H26FN3O4. The highest BCUT2D eigenvalue weighted by atomic mass is 19.1. The maximum Gasteiger partial charge on any atom is 0.305 e. The van der Waals surface area contributed by atoms with E-state index >= 15 is 0 Å². The summed E-state index contributed by atoms with van der Waals surface area (Å²) in [6.45, 7) is 0.0621. The van der Waals surface area contributed by atoms with Crippen molar-refractivity contribution in [3.8, 4) is 11.1 Å². The van der Waals surface area contributed by atoms with Crippen LogP contribution in [-0.4, -0.2) is 46.4 Å². The second kappa shape index (κ2) is 11.9. The predicted molar refractivity (Wildman–Crippen MR) is 142 cm³/mol. The molecule has 0 radical (unpaired) electrons. The molecule has 0 spiro atoms. The van der Waals surface area contributed by atoms with Crippen LogP contribution in [0.25, 0.3) is 11.1 Å². The van der Waals surface area contributed by atoms with Gasteiger partial charge in [-0.05, 0) is 53.1 Å². The molecule has 4 aromatic rings. The number of benzene rings is 3. The Kier molecular flexibility index (Phi) is 8.23. The number of hydrogen-bond acceptors (Lipinski definition) is 4. The zero-order valence-electron chi connectivity index (χ0n) is 20.8. The highest BCUT2D eigenvalue weighted by Gasteiger charge is 2.24. The molecule has 0 unspecified atom stereocenters. The van der Waals surface area contributed by atoms with Gasteiger partial charge in [-0.1, -0.05) is 54.6 Å². The summed E-state index contributed by atoms with van der Waals surface area (Å²) in [6.07, 6.45) is 1.35. The van der Waals surface area contributed by atoms with E-state index in [1.807, 2.05) is 0 Å². The van der Waals surface area contributed by atoms with Gasteiger partial charge in [-0.2, -0.15) is 0 Å². The van der Waals surface area contributed by atoms with Crippen molar-refractivity contribution in [1.82, 2.24) is 9.88 Å². The molecule has 0 saturated carbocycles. The molecule has 1 heterocycles. The highest BCUT2D eigenvalue weighted by molar-refractivity contribution is 6.11. The van der Waals surface area contributed by atoms with Crippen molar-refractivity contribution in [2.45, 2.75) is 13.0 Å². The zero-order valence-corrected chi connectivity index (χ0v) is 20.8. The largest absolute Gasteiger partial charge is 0.481 e. The second-order valence-electron chi connectivity index (χ2n) is 8.64. The number of carbonyl (C=O) groups is 3. The van der Waals surface area contributed by atoms with E-state index < -0.39 is 17.7 Å². The van der Waals surface area contributed by atoms with Gasteiger partial charge >= 0.3 is 5.97 Å². The summed E-state index contributed by atoms with van der Waals surface area (Å²) < 4.78 is 13.4. The van der Waals surface area contributed by atoms with Gasteiger partial charge in [-0.15, -0.1) is 0 Å². The highest BCUT2D eigenvalue weighted by Crippen LogP contribution is 2.30. The summed E-state index contributed by atoms with van der Waals surface area (Å²) in [4.78, 5) is 45.7. The Morgan fingerprint density at radius 1 is 0.789 bits per heavy atom. The van der Waals surface area contributed by atoms with Crippen LogP contribution in [-0.2, 0) is 11.3 Å². The summed E-state index contributed by atoms with van der Waals surface area (Å²) in [5.41, 5.74) is 2.46. The Balaban J connectivity index is 1.71. The van der Waals surface area contributed by atoms with Crippen LogP contribution < -0.4 is 4.90 Å². The monoisotopic (exact) mass is 511 g/mol. The third-order valence-electron chi connectivity index (χ3n) is 6.07. The molecule has 192 valence electrons. The Bertz CT molecular complexity index is 1440. The number of carbonyl (C=O) groups excluding carboxylic acids is 2. The molecule has 0 atom stereocenters. The van der Waals surface area contributed by atoms with E-state index in [4.69, 9.17) is 0 Å². The van der Waals surface area contributed by atoms with E-state index in [0.29, 0.717) is 33.6 Å². The average molecular weight is 512 g/mol. The Labute approximate surface area is 219 Å². The van der Waals surface area contributed by atoms with Crippen LogP contribution in [0.5, 0.6) is 0 Å². The lowest BCUT2D eigenvalue weighted by atomic mass is 9.94. The van der Waals surface area contributed by atoms with Crippen molar-refractivity contribution in [1.29, 1.82) is 0 Å². The SMILES string of the molecule is CN(C(=O)c1ccccc1-c1ccccc1C(=O)N(CCC(=O)O)Cc1ccc(F)cc1)c1ccccn1. The zero-order chi connectivity index (χ0) is 27.1. The van der Waals surface area contributed by atoms with Crippen molar-refractivity contribution in [3.63, 3.8) is 0 Å². The fraction of sp³-hybridized carbons (Fsp3) is 0.133. The molecule has 7 nitrogen and oxygen atoms in total. The van der Waals surface area contributed by atoms with E-state index in [2.05, 4.69) is 4.98 Å². The van der Waals surface area contributed by atoms with Gasteiger partial charge in [0.1, 0.15) is 11.6 Å². The molecule has 1 N–H and O–H groups in total. The quantitative estimate of drug-likeness (QED) is 0.330. The van der Waals surface area contributed by atoms with E-state index in [9.17, 15) is 23.9 Å². The standard InChI is InChI=1S/C30H26FN3O4/c1-33(27-12-6-7-18-32-27)29(37)25-10-4-2-8-23(25)24-9-3-5-11-26(24)30(38)34(19-17-28(35)36)20-21-13-15-22(31)16-14-21/h2-16,18H,17,19-20H2,1H3,(H,35,36). The molecule has 1 aromatic heterocycles. The van der Waals surface area contributed by atoms with Gasteiger partial charge in [0.25, 0.3) is 11.8 Å². The predicted octanol–water partition coefficient (Wildman–Crippen LogP) is 5.28. The van der Waals surface area contributed by atoms with Gasteiger partial charge in [0.05, 0.1) is 6.42 Å². The number of amides is 2. The van der Waals surface area contributed by atoms with Gasteiger partial charge < -0.3 is 10.0 Å². The number of anilines is 1. The van der Waals surface area contributed by atoms with Crippen molar-refractivity contribution in [3.05, 3.63) is 120 Å². The minimum absolute atomic E-state index is 0.0388. The number of halogens is 1. The van der Waals surface area contributed by atoms with Crippen LogP contribution in [0.4, 0.5) is 10.2 Å². The number of hydrogen-bond donors (Lipinski definition) is 1. The fourth-order valence-electron chi connectivity index (χ4n) is 4.11. The topological polar surface area (TPSA) is 90.8 Å². The molecule has 38 heavy (non-hydrogen) atoms. The molecule has 0 aliphatic rings. The molecule has 2 amide bonds. The van der Waals surface area contributed by atoms with Gasteiger partial charge in [0.15, 0.2) is 0 Å². The molecule has 4 rings (SSSR count). The maximum absolute atomic E-state index is 13.8. The molecule has 0 fully saturated rings. The van der Waals surface area contributed by atoms with Crippen molar-refractivity contribution in [2.24, 2.45) is 0 Å². The van der Waals surface area contributed by atoms with Crippen molar-refractivity contribution < 1.29 is 23.9 Å². The van der Waals surface area contributed by atoms with Crippen LogP contribution in [0.15, 0.2) is 97.2 Å². The number of nitrogens with zero attached hydrogens (tertiary/aromatic N) is 3. The summed E-state index contributed by atoms with van der Waals surface area (Å²) in [6, 6.07) is 24.9. The van der Waals surface area contributed by atoms with E-state index in [1.165, 1.54) is 21.9 Å². The van der Waals surface area contributed by atoms with E-state index in [1.54, 1.807) is 92.1 Å². The summed E-state index contributed by atoms with van der Waals surface area (Å²) >= 11 is 0. The molecule has 0 bridgehead atoms. The first-order chi connectivity index (χ1) is 18.3. The Morgan fingerprint density at radius 2 is 1.37 bits per heavy atom. The van der Waals surface area contributed by atoms with Gasteiger partial charge in [0.2, 0.25) is 0 Å². The molecular weight excluding hydrogens is 485 g/mol. The van der Waals surface area contributed by atoms with Crippen LogP contribution in [0, 0.1) is 5.82 Å². The molecule has 0 aliphatic heterocycles. The first kappa shape index (κ1) is 26.2. The summed E-state index contributed by atoms with van der Waals surface area (Å²) in [7, 11) is 1.63. The minimum atomic E-state index is -1.04. The van der Waals surface area contributed by atoms with Crippen LogP contribution in [0.2, 0.25) is 0 Å². The fourth-order valence-corrected chi connectivity index (χ4v) is 4.11. The lowest BCUT2D eigenvalue weighted by Gasteiger charge is -2.24. The lowest BCUT2D eigenvalue weighted by Crippen LogP contribution is -2.33. The molecule has 8 heteroatoms. The summed E-state index contributed by atoms with van der Waals surface area (Å²) in [5, 5.41) is 9.26. The summed E-state index contributed by atoms with van der Waals surface area (Å²) in [5.74, 6) is -1.65. The molecule has 0 saturated heterocycles. The molecule has 0 aliphatic carbocycles. The Hall–Kier alpha value is -4.85. The third-order valence-corrected chi connectivity index (χ3v) is 6.07. The number of pyridine rings is 1. The van der Waals surface area contributed by atoms with Gasteiger partial charge in [-0.3, -0.25) is 19.3 Å². The van der Waals surface area contributed by atoms with Gasteiger partial charge in [-0.25, -0.2) is 9.37 Å². The van der Waals surface area contributed by atoms with Crippen molar-refractivity contribution >= 4 is 23.6 Å². The van der Waals surface area contributed by atoms with Gasteiger partial charge in [0, 0.05) is 37.5 Å². The third kappa shape index (κ3) is 6.10. The van der Waals surface area contributed by atoms with E-state index in [-0.39, 0.29) is 25.4 Å².